The molecule has 2 aromatic rings. The number of aryl methyl sites for hydroxylation is 2. The summed E-state index contributed by atoms with van der Waals surface area (Å²) in [6.45, 7) is 3.24. The van der Waals surface area contributed by atoms with Crippen LogP contribution in [-0.4, -0.2) is 17.4 Å². The van der Waals surface area contributed by atoms with Crippen LogP contribution in [0.4, 0.5) is 24.5 Å². The second kappa shape index (κ2) is 7.94. The van der Waals surface area contributed by atoms with E-state index in [9.17, 15) is 28.1 Å². The summed E-state index contributed by atoms with van der Waals surface area (Å²) in [5.74, 6) is -0.125. The number of nitrogens with one attached hydrogen (secondary N) is 2. The first-order valence-corrected chi connectivity index (χ1v) is 7.69. The first-order valence-electron chi connectivity index (χ1n) is 7.69. The van der Waals surface area contributed by atoms with Gasteiger partial charge < -0.3 is 4.74 Å². The van der Waals surface area contributed by atoms with Gasteiger partial charge in [-0.25, -0.2) is 0 Å². The van der Waals surface area contributed by atoms with Gasteiger partial charge in [0.1, 0.15) is 11.4 Å². The number of hydrogen-bond donors (Lipinski definition) is 2. The SMILES string of the molecule is Cc1cccc(C)c1OCC(=O)NNc1ccc(C(F)(F)F)cc1[N+](=O)[O-]. The first-order chi connectivity index (χ1) is 12.6. The lowest BCUT2D eigenvalue weighted by Crippen LogP contribution is -2.34. The fourth-order valence-corrected chi connectivity index (χ4v) is 2.30. The fourth-order valence-electron chi connectivity index (χ4n) is 2.30. The molecule has 0 unspecified atom stereocenters. The Kier molecular flexibility index (Phi) is 5.88. The van der Waals surface area contributed by atoms with Gasteiger partial charge in [0.05, 0.1) is 10.5 Å². The van der Waals surface area contributed by atoms with Crippen molar-refractivity contribution in [1.82, 2.24) is 5.43 Å². The monoisotopic (exact) mass is 383 g/mol. The number of amides is 1. The largest absolute Gasteiger partial charge is 0.483 e. The number of nitro benzene ring substituents is 1. The van der Waals surface area contributed by atoms with Crippen LogP contribution in [-0.2, 0) is 11.0 Å². The molecule has 2 rings (SSSR count). The van der Waals surface area contributed by atoms with Crippen molar-refractivity contribution in [2.45, 2.75) is 20.0 Å². The molecule has 0 bridgehead atoms. The van der Waals surface area contributed by atoms with E-state index in [-0.39, 0.29) is 12.3 Å². The van der Waals surface area contributed by atoms with Crippen LogP contribution >= 0.6 is 0 Å². The van der Waals surface area contributed by atoms with E-state index in [1.165, 1.54) is 0 Å². The van der Waals surface area contributed by atoms with Crippen LogP contribution in [0.5, 0.6) is 5.75 Å². The molecule has 0 aliphatic rings. The lowest BCUT2D eigenvalue weighted by atomic mass is 10.1. The van der Waals surface area contributed by atoms with Gasteiger partial charge >= 0.3 is 6.18 Å². The Morgan fingerprint density at radius 3 is 2.37 bits per heavy atom. The van der Waals surface area contributed by atoms with Crippen molar-refractivity contribution in [3.63, 3.8) is 0 Å². The molecule has 2 aromatic carbocycles. The molecule has 0 heterocycles. The smallest absolute Gasteiger partial charge is 0.416 e. The third-order valence-corrected chi connectivity index (χ3v) is 3.61. The number of benzene rings is 2. The van der Waals surface area contributed by atoms with E-state index in [0.717, 1.165) is 17.2 Å². The first kappa shape index (κ1) is 20.0. The van der Waals surface area contributed by atoms with Crippen molar-refractivity contribution >= 4 is 17.3 Å². The second-order valence-electron chi connectivity index (χ2n) is 5.67. The molecular weight excluding hydrogens is 367 g/mol. The van der Waals surface area contributed by atoms with Crippen LogP contribution in [0.25, 0.3) is 0 Å². The third-order valence-electron chi connectivity index (χ3n) is 3.61. The maximum absolute atomic E-state index is 12.7. The molecule has 0 atom stereocenters. The van der Waals surface area contributed by atoms with Crippen molar-refractivity contribution in [3.8, 4) is 5.75 Å². The van der Waals surface area contributed by atoms with E-state index in [2.05, 4.69) is 10.9 Å². The Labute approximate surface area is 152 Å². The summed E-state index contributed by atoms with van der Waals surface area (Å²) in [6, 6.07) is 7.39. The van der Waals surface area contributed by atoms with Gasteiger partial charge in [-0.3, -0.25) is 25.8 Å². The molecule has 0 fully saturated rings. The van der Waals surface area contributed by atoms with Crippen molar-refractivity contribution in [2.75, 3.05) is 12.0 Å². The van der Waals surface area contributed by atoms with E-state index in [1.807, 2.05) is 32.0 Å². The molecule has 0 spiro atoms. The van der Waals surface area contributed by atoms with Gasteiger partial charge in [0.2, 0.25) is 0 Å². The Morgan fingerprint density at radius 2 is 1.81 bits per heavy atom. The predicted molar refractivity (Wildman–Crippen MR) is 91.3 cm³/mol. The quantitative estimate of drug-likeness (QED) is 0.585. The zero-order valence-electron chi connectivity index (χ0n) is 14.4. The number of halogens is 3. The molecule has 1 amide bonds. The predicted octanol–water partition coefficient (Wildman–Crippen LogP) is 3.75. The number of hydrogen-bond acceptors (Lipinski definition) is 5. The molecule has 2 N–H and O–H groups in total. The number of para-hydroxylation sites is 1. The number of carbonyl (C=O) groups excluding carboxylic acids is 1. The number of carbonyl (C=O) groups is 1. The van der Waals surface area contributed by atoms with E-state index in [1.54, 1.807) is 0 Å². The molecule has 10 heteroatoms. The minimum absolute atomic E-state index is 0.284. The normalized spacial score (nSPS) is 11.0. The summed E-state index contributed by atoms with van der Waals surface area (Å²) in [6.07, 6.45) is -4.72. The molecule has 0 saturated heterocycles. The summed E-state index contributed by atoms with van der Waals surface area (Å²) in [7, 11) is 0. The summed E-state index contributed by atoms with van der Waals surface area (Å²) < 4.78 is 43.4. The van der Waals surface area contributed by atoms with Gasteiger partial charge in [-0.05, 0) is 37.1 Å². The highest BCUT2D eigenvalue weighted by atomic mass is 19.4. The minimum atomic E-state index is -4.72. The summed E-state index contributed by atoms with van der Waals surface area (Å²) in [5, 5.41) is 11.0. The second-order valence-corrected chi connectivity index (χ2v) is 5.67. The average molecular weight is 383 g/mol. The number of ether oxygens (including phenoxy) is 1. The fraction of sp³-hybridized carbons (Fsp3) is 0.235. The zero-order chi connectivity index (χ0) is 20.2. The number of rotatable bonds is 6. The molecular formula is C17H16F3N3O4. The van der Waals surface area contributed by atoms with Crippen LogP contribution in [0.3, 0.4) is 0 Å². The third kappa shape index (κ3) is 5.09. The standard InChI is InChI=1S/C17H16F3N3O4/c1-10-4-3-5-11(2)16(10)27-9-15(24)22-21-13-7-6-12(17(18,19)20)8-14(13)23(25)26/h3-8,21H,9H2,1-2H3,(H,22,24). The molecule has 0 aromatic heterocycles. The number of alkyl halides is 3. The molecule has 144 valence electrons. The van der Waals surface area contributed by atoms with Crippen molar-refractivity contribution in [1.29, 1.82) is 0 Å². The summed E-state index contributed by atoms with van der Waals surface area (Å²) in [4.78, 5) is 21.9. The molecule has 0 aliphatic heterocycles. The van der Waals surface area contributed by atoms with E-state index in [4.69, 9.17) is 4.74 Å². The van der Waals surface area contributed by atoms with Gasteiger partial charge in [-0.1, -0.05) is 18.2 Å². The Bertz CT molecular complexity index is 849. The van der Waals surface area contributed by atoms with Crippen molar-refractivity contribution in [3.05, 3.63) is 63.2 Å². The van der Waals surface area contributed by atoms with Crippen molar-refractivity contribution < 1.29 is 27.6 Å². The summed E-state index contributed by atoms with van der Waals surface area (Å²) >= 11 is 0. The molecule has 0 aliphatic carbocycles. The Hall–Kier alpha value is -3.30. The van der Waals surface area contributed by atoms with Gasteiger partial charge in [-0.2, -0.15) is 13.2 Å². The van der Waals surface area contributed by atoms with E-state index < -0.39 is 28.3 Å². The Balaban J connectivity index is 2.03. The molecule has 0 saturated carbocycles. The lowest BCUT2D eigenvalue weighted by Gasteiger charge is -2.13. The lowest BCUT2D eigenvalue weighted by molar-refractivity contribution is -0.384. The topological polar surface area (TPSA) is 93.5 Å². The van der Waals surface area contributed by atoms with Crippen molar-refractivity contribution in [2.24, 2.45) is 0 Å². The maximum Gasteiger partial charge on any atom is 0.416 e. The van der Waals surface area contributed by atoms with E-state index in [0.29, 0.717) is 17.9 Å². The number of hydrazine groups is 1. The van der Waals surface area contributed by atoms with Crippen LogP contribution in [0.1, 0.15) is 16.7 Å². The highest BCUT2D eigenvalue weighted by Gasteiger charge is 2.33. The molecule has 7 nitrogen and oxygen atoms in total. The highest BCUT2D eigenvalue weighted by Crippen LogP contribution is 2.34. The average Bonchev–Trinajstić information content (AvgIpc) is 2.58. The summed E-state index contributed by atoms with van der Waals surface area (Å²) in [5.41, 5.74) is 3.80. The van der Waals surface area contributed by atoms with Crippen LogP contribution in [0.15, 0.2) is 36.4 Å². The van der Waals surface area contributed by atoms with Gasteiger partial charge in [0, 0.05) is 6.07 Å². The van der Waals surface area contributed by atoms with Gasteiger partial charge in [0.25, 0.3) is 11.6 Å². The number of nitro groups is 1. The van der Waals surface area contributed by atoms with Gasteiger partial charge in [0.15, 0.2) is 6.61 Å². The maximum atomic E-state index is 12.7. The molecule has 0 radical (unpaired) electrons. The number of anilines is 1. The minimum Gasteiger partial charge on any atom is -0.483 e. The van der Waals surface area contributed by atoms with Gasteiger partial charge in [-0.15, -0.1) is 0 Å². The number of nitrogens with zero attached hydrogens (tertiary/aromatic N) is 1. The Morgan fingerprint density at radius 1 is 1.19 bits per heavy atom. The zero-order valence-corrected chi connectivity index (χ0v) is 14.4. The van der Waals surface area contributed by atoms with Crippen LogP contribution < -0.4 is 15.6 Å². The highest BCUT2D eigenvalue weighted by molar-refractivity contribution is 5.80. The van der Waals surface area contributed by atoms with Crippen LogP contribution in [0.2, 0.25) is 0 Å². The molecule has 27 heavy (non-hydrogen) atoms. The van der Waals surface area contributed by atoms with Crippen LogP contribution in [0, 0.1) is 24.0 Å². The van der Waals surface area contributed by atoms with E-state index >= 15 is 0 Å².